The van der Waals surface area contributed by atoms with Gasteiger partial charge in [-0.3, -0.25) is 9.59 Å². The Hall–Kier alpha value is -0.860. The lowest BCUT2D eigenvalue weighted by atomic mass is 9.89. The minimum Gasteiger partial charge on any atom is -0.355 e. The van der Waals surface area contributed by atoms with Crippen molar-refractivity contribution in [2.75, 3.05) is 6.54 Å². The molecule has 0 bridgehead atoms. The summed E-state index contributed by atoms with van der Waals surface area (Å²) in [6.45, 7) is 7.60. The van der Waals surface area contributed by atoms with Crippen LogP contribution in [0.15, 0.2) is 0 Å². The molecule has 0 aromatic rings. The first-order chi connectivity index (χ1) is 5.90. The lowest BCUT2D eigenvalue weighted by Gasteiger charge is -2.21. The fourth-order valence-corrected chi connectivity index (χ4v) is 0.759. The monoisotopic (exact) mass is 185 g/mol. The lowest BCUT2D eigenvalue weighted by Crippen LogP contribution is -2.37. The number of carbonyl (C=O) groups excluding carboxylic acids is 2. The topological polar surface area (TPSA) is 46.2 Å². The molecule has 0 unspecified atom stereocenters. The van der Waals surface area contributed by atoms with Crippen LogP contribution in [-0.4, -0.2) is 18.2 Å². The molecule has 13 heavy (non-hydrogen) atoms. The zero-order valence-corrected chi connectivity index (χ0v) is 8.94. The van der Waals surface area contributed by atoms with Crippen molar-refractivity contribution in [1.29, 1.82) is 0 Å². The van der Waals surface area contributed by atoms with Crippen LogP contribution in [-0.2, 0) is 9.59 Å². The highest BCUT2D eigenvalue weighted by atomic mass is 16.1. The summed E-state index contributed by atoms with van der Waals surface area (Å²) in [5.74, 6) is 0.126. The van der Waals surface area contributed by atoms with Crippen molar-refractivity contribution >= 4 is 11.7 Å². The summed E-state index contributed by atoms with van der Waals surface area (Å²) < 4.78 is 0. The molecule has 1 N–H and O–H groups in total. The average molecular weight is 185 g/mol. The third-order valence-electron chi connectivity index (χ3n) is 2.16. The zero-order chi connectivity index (χ0) is 10.5. The Kier molecular flexibility index (Phi) is 4.67. The number of amides is 1. The molecule has 0 aromatic heterocycles. The molecular weight excluding hydrogens is 166 g/mol. The summed E-state index contributed by atoms with van der Waals surface area (Å²) in [6, 6.07) is 0. The van der Waals surface area contributed by atoms with Gasteiger partial charge in [-0.05, 0) is 13.3 Å². The van der Waals surface area contributed by atoms with E-state index in [0.29, 0.717) is 13.0 Å². The Morgan fingerprint density at radius 2 is 1.85 bits per heavy atom. The lowest BCUT2D eigenvalue weighted by molar-refractivity contribution is -0.126. The van der Waals surface area contributed by atoms with Gasteiger partial charge in [0.15, 0.2) is 0 Å². The normalized spacial score (nSPS) is 11.1. The maximum absolute atomic E-state index is 11.1. The zero-order valence-electron chi connectivity index (χ0n) is 8.94. The summed E-state index contributed by atoms with van der Waals surface area (Å²) in [5.41, 5.74) is -0.441. The Morgan fingerprint density at radius 1 is 1.31 bits per heavy atom. The predicted octanol–water partition coefficient (Wildman–Crippen LogP) is 1.52. The molecule has 0 radical (unpaired) electrons. The van der Waals surface area contributed by atoms with Crippen LogP contribution in [0, 0.1) is 5.41 Å². The maximum Gasteiger partial charge on any atom is 0.220 e. The Labute approximate surface area is 79.9 Å². The number of nitrogens with one attached hydrogen (secondary N) is 1. The molecule has 0 atom stereocenters. The highest BCUT2D eigenvalue weighted by Gasteiger charge is 2.23. The summed E-state index contributed by atoms with van der Waals surface area (Å²) in [7, 11) is 0. The number of rotatable bonds is 5. The molecular formula is C10H19NO2. The Morgan fingerprint density at radius 3 is 2.23 bits per heavy atom. The minimum atomic E-state index is -0.441. The standard InChI is InChI=1S/C10H19NO2/c1-5-6-9(13)11-7-10(3,4)8(2)12/h5-7H2,1-4H3,(H,11,13). The van der Waals surface area contributed by atoms with E-state index in [0.717, 1.165) is 6.42 Å². The largest absolute Gasteiger partial charge is 0.355 e. The van der Waals surface area contributed by atoms with Gasteiger partial charge in [0, 0.05) is 18.4 Å². The molecule has 0 aromatic carbocycles. The second-order valence-electron chi connectivity index (χ2n) is 3.97. The molecule has 1 amide bonds. The highest BCUT2D eigenvalue weighted by molar-refractivity contribution is 5.83. The molecule has 0 aliphatic carbocycles. The van der Waals surface area contributed by atoms with E-state index in [2.05, 4.69) is 5.32 Å². The third kappa shape index (κ3) is 4.65. The molecule has 0 aliphatic heterocycles. The van der Waals surface area contributed by atoms with Crippen molar-refractivity contribution < 1.29 is 9.59 Å². The summed E-state index contributed by atoms with van der Waals surface area (Å²) in [4.78, 5) is 22.2. The molecule has 0 heterocycles. The van der Waals surface area contributed by atoms with Crippen molar-refractivity contribution in [1.82, 2.24) is 5.32 Å². The smallest absolute Gasteiger partial charge is 0.220 e. The van der Waals surface area contributed by atoms with E-state index in [1.165, 1.54) is 0 Å². The Bertz CT molecular complexity index is 197. The number of hydrogen-bond acceptors (Lipinski definition) is 2. The molecule has 0 saturated carbocycles. The first-order valence-electron chi connectivity index (χ1n) is 4.68. The van der Waals surface area contributed by atoms with Crippen LogP contribution >= 0.6 is 0 Å². The van der Waals surface area contributed by atoms with Crippen LogP contribution in [0.2, 0.25) is 0 Å². The second kappa shape index (κ2) is 5.00. The van der Waals surface area contributed by atoms with Crippen molar-refractivity contribution in [3.63, 3.8) is 0 Å². The van der Waals surface area contributed by atoms with Gasteiger partial charge in [0.1, 0.15) is 5.78 Å². The van der Waals surface area contributed by atoms with Crippen LogP contribution < -0.4 is 5.32 Å². The fraction of sp³-hybridized carbons (Fsp3) is 0.800. The van der Waals surface area contributed by atoms with E-state index in [-0.39, 0.29) is 11.7 Å². The summed E-state index contributed by atoms with van der Waals surface area (Å²) in [6.07, 6.45) is 1.38. The number of Topliss-reactive ketones (excluding diaryl/α,β-unsaturated/α-hetero) is 1. The summed E-state index contributed by atoms with van der Waals surface area (Å²) in [5, 5.41) is 2.75. The van der Waals surface area contributed by atoms with Crippen LogP contribution in [0.25, 0.3) is 0 Å². The molecule has 0 aliphatic rings. The van der Waals surface area contributed by atoms with Gasteiger partial charge in [-0.2, -0.15) is 0 Å². The van der Waals surface area contributed by atoms with Crippen LogP contribution in [0.3, 0.4) is 0 Å². The number of ketones is 1. The van der Waals surface area contributed by atoms with Gasteiger partial charge in [-0.1, -0.05) is 20.8 Å². The van der Waals surface area contributed by atoms with Crippen molar-refractivity contribution in [3.05, 3.63) is 0 Å². The van der Waals surface area contributed by atoms with E-state index in [1.54, 1.807) is 6.92 Å². The molecule has 0 saturated heterocycles. The van der Waals surface area contributed by atoms with Gasteiger partial charge in [0.2, 0.25) is 5.91 Å². The van der Waals surface area contributed by atoms with E-state index in [1.807, 2.05) is 20.8 Å². The van der Waals surface area contributed by atoms with Gasteiger partial charge in [-0.15, -0.1) is 0 Å². The molecule has 3 nitrogen and oxygen atoms in total. The van der Waals surface area contributed by atoms with Crippen molar-refractivity contribution in [2.45, 2.75) is 40.5 Å². The van der Waals surface area contributed by atoms with Crippen LogP contribution in [0.5, 0.6) is 0 Å². The molecule has 76 valence electrons. The predicted molar refractivity (Wildman–Crippen MR) is 52.4 cm³/mol. The highest BCUT2D eigenvalue weighted by Crippen LogP contribution is 2.14. The van der Waals surface area contributed by atoms with Gasteiger partial charge in [0.05, 0.1) is 0 Å². The van der Waals surface area contributed by atoms with Crippen LogP contribution in [0.4, 0.5) is 0 Å². The quantitative estimate of drug-likeness (QED) is 0.705. The summed E-state index contributed by atoms with van der Waals surface area (Å²) >= 11 is 0. The first-order valence-corrected chi connectivity index (χ1v) is 4.68. The molecule has 0 spiro atoms. The SMILES string of the molecule is CCCC(=O)NCC(C)(C)C(C)=O. The molecule has 3 heteroatoms. The minimum absolute atomic E-state index is 0.0248. The average Bonchev–Trinajstić information content (AvgIpc) is 2.01. The maximum atomic E-state index is 11.1. The van der Waals surface area contributed by atoms with Gasteiger partial charge < -0.3 is 5.32 Å². The Balaban J connectivity index is 3.88. The number of hydrogen-bond donors (Lipinski definition) is 1. The molecule has 0 rings (SSSR count). The third-order valence-corrected chi connectivity index (χ3v) is 2.16. The van der Waals surface area contributed by atoms with E-state index >= 15 is 0 Å². The van der Waals surface area contributed by atoms with Crippen LogP contribution in [0.1, 0.15) is 40.5 Å². The van der Waals surface area contributed by atoms with Crippen molar-refractivity contribution in [3.8, 4) is 0 Å². The first kappa shape index (κ1) is 12.1. The fourth-order valence-electron chi connectivity index (χ4n) is 0.759. The van der Waals surface area contributed by atoms with Gasteiger partial charge >= 0.3 is 0 Å². The van der Waals surface area contributed by atoms with E-state index in [4.69, 9.17) is 0 Å². The van der Waals surface area contributed by atoms with Crippen molar-refractivity contribution in [2.24, 2.45) is 5.41 Å². The van der Waals surface area contributed by atoms with E-state index in [9.17, 15) is 9.59 Å². The van der Waals surface area contributed by atoms with E-state index < -0.39 is 5.41 Å². The second-order valence-corrected chi connectivity index (χ2v) is 3.97. The number of carbonyl (C=O) groups is 2. The van der Waals surface area contributed by atoms with Gasteiger partial charge in [0.25, 0.3) is 0 Å². The van der Waals surface area contributed by atoms with Gasteiger partial charge in [-0.25, -0.2) is 0 Å². The molecule has 0 fully saturated rings.